The van der Waals surface area contributed by atoms with Crippen molar-refractivity contribution < 1.29 is 11.0 Å². The fourth-order valence-electron chi connectivity index (χ4n) is 3.71. The first kappa shape index (κ1) is 21.2. The number of fused-ring (bicyclic) bond motifs is 1. The van der Waals surface area contributed by atoms with E-state index in [4.69, 9.17) is 0 Å². The lowest BCUT2D eigenvalue weighted by Gasteiger charge is -2.31. The highest BCUT2D eigenvalue weighted by atomic mass is 32.1. The minimum Gasteiger partial charge on any atom is -0.339 e. The van der Waals surface area contributed by atoms with E-state index in [0.717, 1.165) is 43.5 Å². The molecule has 2 aromatic heterocycles. The molecule has 4 heterocycles. The molecule has 1 saturated heterocycles. The molecule has 0 atom stereocenters. The van der Waals surface area contributed by atoms with Gasteiger partial charge in [-0.1, -0.05) is 19.9 Å². The van der Waals surface area contributed by atoms with Gasteiger partial charge in [0.05, 0.1) is 0 Å². The fourth-order valence-corrected chi connectivity index (χ4v) is 4.53. The van der Waals surface area contributed by atoms with Gasteiger partial charge in [0.25, 0.3) is 0 Å². The molecule has 5 nitrogen and oxygen atoms in total. The monoisotopic (exact) mass is 413 g/mol. The molecule has 6 heteroatoms. The van der Waals surface area contributed by atoms with Crippen LogP contribution in [0.3, 0.4) is 0 Å². The van der Waals surface area contributed by atoms with E-state index in [1.807, 2.05) is 42.2 Å². The Balaban J connectivity index is 0.00000104. The Hall–Kier alpha value is -2.47. The van der Waals surface area contributed by atoms with E-state index in [1.165, 1.54) is 4.88 Å². The van der Waals surface area contributed by atoms with Crippen molar-refractivity contribution >= 4 is 35.0 Å². The SMILES string of the molecule is CC.O=C1CCc2cc(/C=C/C(=O)N3CCC(Cc4cccs4)CC3)cnc2N1.[HH]. The zero-order chi connectivity index (χ0) is 20.6. The van der Waals surface area contributed by atoms with Crippen molar-refractivity contribution in [2.24, 2.45) is 5.92 Å². The van der Waals surface area contributed by atoms with Gasteiger partial charge in [-0.2, -0.15) is 0 Å². The number of aromatic nitrogens is 1. The largest absolute Gasteiger partial charge is 0.339 e. The molecule has 0 aliphatic carbocycles. The van der Waals surface area contributed by atoms with Crippen LogP contribution in [-0.4, -0.2) is 34.8 Å². The number of carbonyl (C=O) groups is 2. The van der Waals surface area contributed by atoms with Crippen molar-refractivity contribution in [2.75, 3.05) is 18.4 Å². The molecule has 1 fully saturated rings. The average Bonchev–Trinajstić information content (AvgIpc) is 3.27. The van der Waals surface area contributed by atoms with Gasteiger partial charge in [0.15, 0.2) is 0 Å². The van der Waals surface area contributed by atoms with E-state index in [2.05, 4.69) is 27.8 Å². The molecule has 29 heavy (non-hydrogen) atoms. The molecule has 4 rings (SSSR count). The van der Waals surface area contributed by atoms with Gasteiger partial charge in [0, 0.05) is 38.1 Å². The van der Waals surface area contributed by atoms with Crippen LogP contribution in [0.5, 0.6) is 0 Å². The number of likely N-dealkylation sites (tertiary alicyclic amines) is 1. The molecule has 0 saturated carbocycles. The molecular weight excluding hydrogens is 382 g/mol. The van der Waals surface area contributed by atoms with E-state index in [1.54, 1.807) is 12.3 Å². The first-order valence-electron chi connectivity index (χ1n) is 10.5. The molecule has 0 spiro atoms. The number of hydrogen-bond donors (Lipinski definition) is 1. The average molecular weight is 414 g/mol. The zero-order valence-electron chi connectivity index (χ0n) is 17.2. The fraction of sp³-hybridized carbons (Fsp3) is 0.435. The molecule has 0 radical (unpaired) electrons. The quantitative estimate of drug-likeness (QED) is 0.733. The van der Waals surface area contributed by atoms with Crippen LogP contribution in [0.15, 0.2) is 35.9 Å². The molecule has 0 aromatic carbocycles. The van der Waals surface area contributed by atoms with E-state index in [-0.39, 0.29) is 13.2 Å². The van der Waals surface area contributed by atoms with Crippen LogP contribution in [-0.2, 0) is 22.4 Å². The van der Waals surface area contributed by atoms with Crippen LogP contribution in [0.25, 0.3) is 6.08 Å². The van der Waals surface area contributed by atoms with Gasteiger partial charge in [-0.25, -0.2) is 4.98 Å². The molecule has 156 valence electrons. The van der Waals surface area contributed by atoms with Crippen LogP contribution in [0.2, 0.25) is 0 Å². The van der Waals surface area contributed by atoms with Gasteiger partial charge in [-0.15, -0.1) is 11.3 Å². The summed E-state index contributed by atoms with van der Waals surface area (Å²) >= 11 is 1.82. The van der Waals surface area contributed by atoms with E-state index < -0.39 is 0 Å². The minimum absolute atomic E-state index is 0. The molecule has 2 amide bonds. The van der Waals surface area contributed by atoms with Crippen LogP contribution in [0, 0.1) is 5.92 Å². The predicted molar refractivity (Wildman–Crippen MR) is 121 cm³/mol. The molecule has 0 bridgehead atoms. The highest BCUT2D eigenvalue weighted by Gasteiger charge is 2.22. The van der Waals surface area contributed by atoms with Crippen LogP contribution >= 0.6 is 11.3 Å². The van der Waals surface area contributed by atoms with E-state index in [9.17, 15) is 9.59 Å². The second-order valence-corrected chi connectivity index (χ2v) is 8.24. The topological polar surface area (TPSA) is 62.3 Å². The molecule has 1 N–H and O–H groups in total. The first-order valence-corrected chi connectivity index (χ1v) is 11.3. The summed E-state index contributed by atoms with van der Waals surface area (Å²) in [6.07, 6.45) is 9.61. The maximum atomic E-state index is 12.5. The molecular formula is C23H31N3O2S. The number of nitrogens with zero attached hydrogens (tertiary/aromatic N) is 2. The summed E-state index contributed by atoms with van der Waals surface area (Å²) in [4.78, 5) is 31.6. The minimum atomic E-state index is 0. The number of pyridine rings is 1. The number of carbonyl (C=O) groups excluding carboxylic acids is 2. The van der Waals surface area contributed by atoms with E-state index >= 15 is 0 Å². The van der Waals surface area contributed by atoms with Gasteiger partial charge in [0.1, 0.15) is 5.82 Å². The smallest absolute Gasteiger partial charge is 0.246 e. The number of amides is 2. The predicted octanol–water partition coefficient (Wildman–Crippen LogP) is 4.79. The van der Waals surface area contributed by atoms with Gasteiger partial charge < -0.3 is 10.2 Å². The van der Waals surface area contributed by atoms with Crippen molar-refractivity contribution in [2.45, 2.75) is 46.0 Å². The third-order valence-corrected chi connectivity index (χ3v) is 6.18. The Kier molecular flexibility index (Phi) is 7.58. The number of rotatable bonds is 4. The summed E-state index contributed by atoms with van der Waals surface area (Å²) in [5.74, 6) is 1.39. The van der Waals surface area contributed by atoms with Crippen LogP contribution < -0.4 is 5.32 Å². The lowest BCUT2D eigenvalue weighted by molar-refractivity contribution is -0.127. The normalized spacial score (nSPS) is 16.8. The second-order valence-electron chi connectivity index (χ2n) is 7.21. The summed E-state index contributed by atoms with van der Waals surface area (Å²) in [5, 5.41) is 4.90. The van der Waals surface area contributed by atoms with Crippen molar-refractivity contribution in [3.05, 3.63) is 51.9 Å². The molecule has 2 aliphatic heterocycles. The second kappa shape index (κ2) is 10.3. The standard InChI is InChI=1S/C21H23N3O2S.C2H6.H2/c25-19-5-4-17-12-16(14-22-21(17)23-19)3-6-20(26)24-9-7-15(8-10-24)13-18-2-1-11-27-18;1-2;/h1-3,6,11-12,14-15H,4-5,7-10,13H2,(H,22,23,25);1-2H3;1H/b6-3+;;. The Morgan fingerprint density at radius 3 is 2.86 bits per heavy atom. The number of thiophene rings is 1. The zero-order valence-corrected chi connectivity index (χ0v) is 18.0. The van der Waals surface area contributed by atoms with Crippen molar-refractivity contribution in [3.63, 3.8) is 0 Å². The maximum absolute atomic E-state index is 12.5. The molecule has 2 aliphatic rings. The van der Waals surface area contributed by atoms with Gasteiger partial charge >= 0.3 is 0 Å². The number of aryl methyl sites for hydroxylation is 1. The highest BCUT2D eigenvalue weighted by molar-refractivity contribution is 7.09. The maximum Gasteiger partial charge on any atom is 0.246 e. The molecule has 2 aromatic rings. The Bertz CT molecular complexity index is 859. The summed E-state index contributed by atoms with van der Waals surface area (Å²) in [6.45, 7) is 5.65. The number of anilines is 1. The van der Waals surface area contributed by atoms with Gasteiger partial charge in [-0.05, 0) is 66.3 Å². The first-order chi connectivity index (χ1) is 14.2. The van der Waals surface area contributed by atoms with Gasteiger partial charge in [0.2, 0.25) is 11.8 Å². The third-order valence-electron chi connectivity index (χ3n) is 5.28. The van der Waals surface area contributed by atoms with Crippen molar-refractivity contribution in [3.8, 4) is 0 Å². The highest BCUT2D eigenvalue weighted by Crippen LogP contribution is 2.24. The summed E-state index contributed by atoms with van der Waals surface area (Å²) in [6, 6.07) is 6.30. The summed E-state index contributed by atoms with van der Waals surface area (Å²) in [5.41, 5.74) is 1.92. The Morgan fingerprint density at radius 1 is 1.34 bits per heavy atom. The molecule has 0 unspecified atom stereocenters. The van der Waals surface area contributed by atoms with Crippen LogP contribution in [0.1, 0.15) is 50.5 Å². The Labute approximate surface area is 178 Å². The Morgan fingerprint density at radius 2 is 2.14 bits per heavy atom. The van der Waals surface area contributed by atoms with Gasteiger partial charge in [-0.3, -0.25) is 9.59 Å². The summed E-state index contributed by atoms with van der Waals surface area (Å²) < 4.78 is 0. The van der Waals surface area contributed by atoms with Crippen molar-refractivity contribution in [1.82, 2.24) is 9.88 Å². The third kappa shape index (κ3) is 5.76. The van der Waals surface area contributed by atoms with Crippen molar-refractivity contribution in [1.29, 1.82) is 0 Å². The number of hydrogen-bond acceptors (Lipinski definition) is 4. The van der Waals surface area contributed by atoms with E-state index in [0.29, 0.717) is 24.6 Å². The number of piperidine rings is 1. The lowest BCUT2D eigenvalue weighted by atomic mass is 9.93. The summed E-state index contributed by atoms with van der Waals surface area (Å²) in [7, 11) is 0. The lowest BCUT2D eigenvalue weighted by Crippen LogP contribution is -2.37. The number of nitrogens with one attached hydrogen (secondary N) is 1. The van der Waals surface area contributed by atoms with Crippen LogP contribution in [0.4, 0.5) is 5.82 Å².